The first kappa shape index (κ1) is 17.6. The second-order valence-corrected chi connectivity index (χ2v) is 6.04. The van der Waals surface area contributed by atoms with Crippen LogP contribution in [0.2, 0.25) is 0 Å². The van der Waals surface area contributed by atoms with Crippen LogP contribution in [0.1, 0.15) is 12.0 Å². The Hall–Kier alpha value is -1.80. The Labute approximate surface area is 143 Å². The van der Waals surface area contributed by atoms with Crippen molar-refractivity contribution in [3.63, 3.8) is 0 Å². The molecule has 1 fully saturated rings. The van der Waals surface area contributed by atoms with Gasteiger partial charge in [-0.05, 0) is 17.7 Å². The normalized spacial score (nSPS) is 14.4. The highest BCUT2D eigenvalue weighted by Crippen LogP contribution is 2.26. The van der Waals surface area contributed by atoms with Crippen LogP contribution in [-0.4, -0.2) is 50.0 Å². The SMILES string of the molecule is O=C(O)CCNC(=O)NCc1ccc(Br)cc1N1CCOCC1. The van der Waals surface area contributed by atoms with E-state index in [0.29, 0.717) is 19.8 Å². The number of carboxylic acid groups (broad SMARTS) is 1. The van der Waals surface area contributed by atoms with Gasteiger partial charge in [-0.15, -0.1) is 0 Å². The summed E-state index contributed by atoms with van der Waals surface area (Å²) in [6.45, 7) is 3.49. The van der Waals surface area contributed by atoms with Gasteiger partial charge in [-0.3, -0.25) is 4.79 Å². The van der Waals surface area contributed by atoms with E-state index in [9.17, 15) is 9.59 Å². The van der Waals surface area contributed by atoms with E-state index < -0.39 is 5.97 Å². The third-order valence-electron chi connectivity index (χ3n) is 3.46. The summed E-state index contributed by atoms with van der Waals surface area (Å²) >= 11 is 3.48. The van der Waals surface area contributed by atoms with Crippen molar-refractivity contribution < 1.29 is 19.4 Å². The molecular formula is C15H20BrN3O4. The molecule has 0 bridgehead atoms. The number of benzene rings is 1. The second-order valence-electron chi connectivity index (χ2n) is 5.13. The smallest absolute Gasteiger partial charge is 0.315 e. The van der Waals surface area contributed by atoms with Crippen LogP contribution < -0.4 is 15.5 Å². The highest BCUT2D eigenvalue weighted by molar-refractivity contribution is 9.10. The minimum absolute atomic E-state index is 0.0925. The lowest BCUT2D eigenvalue weighted by Gasteiger charge is -2.31. The predicted octanol–water partition coefficient (Wildman–Crippen LogP) is 1.56. The van der Waals surface area contributed by atoms with Crippen LogP contribution in [0.15, 0.2) is 22.7 Å². The third kappa shape index (κ3) is 5.72. The molecule has 0 spiro atoms. The molecule has 7 nitrogen and oxygen atoms in total. The number of ether oxygens (including phenoxy) is 1. The number of nitrogens with one attached hydrogen (secondary N) is 2. The molecule has 1 aliphatic heterocycles. The zero-order chi connectivity index (χ0) is 16.7. The van der Waals surface area contributed by atoms with Gasteiger partial charge in [0.1, 0.15) is 0 Å². The number of carboxylic acids is 1. The largest absolute Gasteiger partial charge is 0.481 e. The topological polar surface area (TPSA) is 90.9 Å². The summed E-state index contributed by atoms with van der Waals surface area (Å²) in [4.78, 5) is 24.3. The van der Waals surface area contributed by atoms with Crippen LogP contribution >= 0.6 is 15.9 Å². The number of aliphatic carboxylic acids is 1. The van der Waals surface area contributed by atoms with Crippen LogP contribution in [-0.2, 0) is 16.1 Å². The molecule has 0 saturated carbocycles. The summed E-state index contributed by atoms with van der Waals surface area (Å²) in [5.41, 5.74) is 2.07. The Balaban J connectivity index is 1.93. The molecule has 0 radical (unpaired) electrons. The van der Waals surface area contributed by atoms with Gasteiger partial charge < -0.3 is 25.4 Å². The number of amides is 2. The Morgan fingerprint density at radius 1 is 1.26 bits per heavy atom. The summed E-state index contributed by atoms with van der Waals surface area (Å²) in [7, 11) is 0. The molecule has 2 amide bonds. The molecular weight excluding hydrogens is 366 g/mol. The van der Waals surface area contributed by atoms with E-state index in [1.54, 1.807) is 0 Å². The molecule has 126 valence electrons. The Kier molecular flexibility index (Phi) is 6.66. The van der Waals surface area contributed by atoms with E-state index in [-0.39, 0.29) is 19.0 Å². The summed E-state index contributed by atoms with van der Waals surface area (Å²) < 4.78 is 6.35. The molecule has 0 unspecified atom stereocenters. The molecule has 1 aromatic carbocycles. The van der Waals surface area contributed by atoms with Crippen LogP contribution in [0.3, 0.4) is 0 Å². The molecule has 1 aliphatic rings. The van der Waals surface area contributed by atoms with Crippen molar-refractivity contribution in [2.45, 2.75) is 13.0 Å². The molecule has 1 saturated heterocycles. The van der Waals surface area contributed by atoms with E-state index in [1.165, 1.54) is 0 Å². The van der Waals surface area contributed by atoms with Gasteiger partial charge in [-0.2, -0.15) is 0 Å². The van der Waals surface area contributed by atoms with E-state index in [0.717, 1.165) is 28.8 Å². The van der Waals surface area contributed by atoms with Crippen LogP contribution in [0.5, 0.6) is 0 Å². The molecule has 8 heteroatoms. The molecule has 0 aromatic heterocycles. The van der Waals surface area contributed by atoms with E-state index >= 15 is 0 Å². The maximum atomic E-state index is 11.7. The van der Waals surface area contributed by atoms with Crippen molar-refractivity contribution in [3.8, 4) is 0 Å². The monoisotopic (exact) mass is 385 g/mol. The lowest BCUT2D eigenvalue weighted by atomic mass is 10.1. The van der Waals surface area contributed by atoms with Gasteiger partial charge in [0.2, 0.25) is 0 Å². The maximum Gasteiger partial charge on any atom is 0.315 e. The lowest BCUT2D eigenvalue weighted by Crippen LogP contribution is -2.38. The zero-order valence-corrected chi connectivity index (χ0v) is 14.3. The number of halogens is 1. The van der Waals surface area contributed by atoms with Gasteiger partial charge in [-0.1, -0.05) is 22.0 Å². The number of carbonyl (C=O) groups excluding carboxylic acids is 1. The summed E-state index contributed by atoms with van der Waals surface area (Å²) in [6.07, 6.45) is -0.0925. The number of rotatable bonds is 6. The van der Waals surface area contributed by atoms with Crippen molar-refractivity contribution in [1.82, 2.24) is 10.6 Å². The molecule has 3 N–H and O–H groups in total. The number of urea groups is 1. The summed E-state index contributed by atoms with van der Waals surface area (Å²) in [5, 5.41) is 13.8. The van der Waals surface area contributed by atoms with E-state index in [1.807, 2.05) is 18.2 Å². The minimum atomic E-state index is -0.937. The third-order valence-corrected chi connectivity index (χ3v) is 3.96. The van der Waals surface area contributed by atoms with E-state index in [4.69, 9.17) is 9.84 Å². The average Bonchev–Trinajstić information content (AvgIpc) is 2.54. The van der Waals surface area contributed by atoms with Crippen molar-refractivity contribution >= 4 is 33.6 Å². The number of morpholine rings is 1. The number of carbonyl (C=O) groups is 2. The first-order chi connectivity index (χ1) is 11.1. The fraction of sp³-hybridized carbons (Fsp3) is 0.467. The van der Waals surface area contributed by atoms with Gasteiger partial charge in [0.05, 0.1) is 19.6 Å². The van der Waals surface area contributed by atoms with Gasteiger partial charge in [0.15, 0.2) is 0 Å². The molecule has 2 rings (SSSR count). The van der Waals surface area contributed by atoms with Crippen LogP contribution in [0.25, 0.3) is 0 Å². The molecule has 1 heterocycles. The van der Waals surface area contributed by atoms with Gasteiger partial charge in [-0.25, -0.2) is 4.79 Å². The number of nitrogens with zero attached hydrogens (tertiary/aromatic N) is 1. The average molecular weight is 386 g/mol. The minimum Gasteiger partial charge on any atom is -0.481 e. The van der Waals surface area contributed by atoms with Crippen molar-refractivity contribution in [3.05, 3.63) is 28.2 Å². The second kappa shape index (κ2) is 8.73. The van der Waals surface area contributed by atoms with Crippen molar-refractivity contribution in [2.24, 2.45) is 0 Å². The van der Waals surface area contributed by atoms with Crippen molar-refractivity contribution in [2.75, 3.05) is 37.7 Å². The number of hydrogen-bond acceptors (Lipinski definition) is 4. The highest BCUT2D eigenvalue weighted by atomic mass is 79.9. The predicted molar refractivity (Wildman–Crippen MR) is 89.7 cm³/mol. The summed E-state index contributed by atoms with van der Waals surface area (Å²) in [6, 6.07) is 5.56. The first-order valence-corrected chi connectivity index (χ1v) is 8.20. The molecule has 23 heavy (non-hydrogen) atoms. The molecule has 0 aliphatic carbocycles. The maximum absolute atomic E-state index is 11.7. The van der Waals surface area contributed by atoms with Crippen LogP contribution in [0.4, 0.5) is 10.5 Å². The van der Waals surface area contributed by atoms with Gasteiger partial charge in [0.25, 0.3) is 0 Å². The lowest BCUT2D eigenvalue weighted by molar-refractivity contribution is -0.136. The van der Waals surface area contributed by atoms with Gasteiger partial charge >= 0.3 is 12.0 Å². The highest BCUT2D eigenvalue weighted by Gasteiger charge is 2.15. The van der Waals surface area contributed by atoms with Gasteiger partial charge in [0, 0.05) is 36.3 Å². The standard InChI is InChI=1S/C15H20BrN3O4/c16-12-2-1-11(10-18-15(22)17-4-3-14(20)21)13(9-12)19-5-7-23-8-6-19/h1-2,9H,3-8,10H2,(H,20,21)(H2,17,18,22). The molecule has 1 aromatic rings. The number of anilines is 1. The quantitative estimate of drug-likeness (QED) is 0.691. The van der Waals surface area contributed by atoms with Crippen molar-refractivity contribution in [1.29, 1.82) is 0 Å². The fourth-order valence-corrected chi connectivity index (χ4v) is 2.66. The fourth-order valence-electron chi connectivity index (χ4n) is 2.31. The summed E-state index contributed by atoms with van der Waals surface area (Å²) in [5.74, 6) is -0.937. The Morgan fingerprint density at radius 3 is 2.70 bits per heavy atom. The number of hydrogen-bond donors (Lipinski definition) is 3. The Bertz CT molecular complexity index is 562. The zero-order valence-electron chi connectivity index (χ0n) is 12.7. The Morgan fingerprint density at radius 2 is 2.00 bits per heavy atom. The van der Waals surface area contributed by atoms with E-state index in [2.05, 4.69) is 31.5 Å². The van der Waals surface area contributed by atoms with Crippen LogP contribution in [0, 0.1) is 0 Å². The molecule has 0 atom stereocenters. The first-order valence-electron chi connectivity index (χ1n) is 7.41.